The topological polar surface area (TPSA) is 124 Å². The first-order valence-corrected chi connectivity index (χ1v) is 9.95. The highest BCUT2D eigenvalue weighted by Crippen LogP contribution is 2.39. The maximum Gasteiger partial charge on any atom is 0.407 e. The molecule has 0 spiro atoms. The highest BCUT2D eigenvalue weighted by atomic mass is 35.5. The molecular formula is C20H21ClN6O5. The molecule has 1 aliphatic heterocycles. The molecule has 0 saturated carbocycles. The van der Waals surface area contributed by atoms with Crippen LogP contribution in [0, 0.1) is 0 Å². The molecule has 12 heteroatoms. The highest BCUT2D eigenvalue weighted by Gasteiger charge is 2.25. The molecule has 0 saturated heterocycles. The molecule has 4 rings (SSSR count). The van der Waals surface area contributed by atoms with Gasteiger partial charge < -0.3 is 34.1 Å². The van der Waals surface area contributed by atoms with Crippen LogP contribution < -0.4 is 19.5 Å². The molecule has 3 aromatic rings. The van der Waals surface area contributed by atoms with E-state index in [1.165, 1.54) is 4.90 Å². The summed E-state index contributed by atoms with van der Waals surface area (Å²) < 4.78 is 18.0. The van der Waals surface area contributed by atoms with Gasteiger partial charge in [0, 0.05) is 24.2 Å². The molecule has 1 amide bonds. The fraction of sp³-hybridized carbons (Fsp3) is 0.300. The predicted octanol–water partition coefficient (Wildman–Crippen LogP) is 3.12. The van der Waals surface area contributed by atoms with Crippen LogP contribution in [0.3, 0.4) is 0 Å². The minimum Gasteiger partial charge on any atom is -0.493 e. The molecule has 2 aromatic heterocycles. The molecule has 0 radical (unpaired) electrons. The van der Waals surface area contributed by atoms with Crippen LogP contribution in [-0.4, -0.2) is 63.5 Å². The normalized spacial score (nSPS) is 12.8. The van der Waals surface area contributed by atoms with E-state index in [4.69, 9.17) is 25.8 Å². The van der Waals surface area contributed by atoms with E-state index < -0.39 is 6.09 Å². The number of ether oxygens (including phenoxy) is 3. The molecule has 1 aromatic carbocycles. The number of benzene rings is 1. The second-order valence-corrected chi connectivity index (χ2v) is 7.23. The number of hydrogen-bond acceptors (Lipinski definition) is 8. The minimum atomic E-state index is -0.996. The van der Waals surface area contributed by atoms with Crippen molar-refractivity contribution in [2.45, 2.75) is 13.0 Å². The summed E-state index contributed by atoms with van der Waals surface area (Å²) in [5.74, 6) is 2.56. The van der Waals surface area contributed by atoms with Crippen LogP contribution in [0.15, 0.2) is 24.7 Å². The van der Waals surface area contributed by atoms with Crippen molar-refractivity contribution in [1.82, 2.24) is 24.4 Å². The third kappa shape index (κ3) is 4.06. The van der Waals surface area contributed by atoms with Gasteiger partial charge in [0.15, 0.2) is 11.5 Å². The van der Waals surface area contributed by atoms with Gasteiger partial charge in [-0.1, -0.05) is 0 Å². The van der Waals surface area contributed by atoms with Gasteiger partial charge in [-0.15, -0.1) is 0 Å². The lowest BCUT2D eigenvalue weighted by atomic mass is 10.1. The van der Waals surface area contributed by atoms with Gasteiger partial charge in [0.25, 0.3) is 0 Å². The first-order chi connectivity index (χ1) is 15.4. The van der Waals surface area contributed by atoms with Gasteiger partial charge >= 0.3 is 6.09 Å². The maximum absolute atomic E-state index is 11.3. The van der Waals surface area contributed by atoms with Crippen LogP contribution in [0.1, 0.15) is 11.3 Å². The number of methoxy groups -OCH3 is 3. The van der Waals surface area contributed by atoms with E-state index in [9.17, 15) is 9.90 Å². The van der Waals surface area contributed by atoms with Crippen LogP contribution in [0.2, 0.25) is 5.28 Å². The number of amides is 1. The summed E-state index contributed by atoms with van der Waals surface area (Å²) in [4.78, 5) is 25.5. The molecule has 168 valence electrons. The summed E-state index contributed by atoms with van der Waals surface area (Å²) >= 11 is 6.08. The minimum absolute atomic E-state index is 0.0301. The van der Waals surface area contributed by atoms with Gasteiger partial charge in [-0.2, -0.15) is 0 Å². The molecule has 3 heterocycles. The number of anilines is 2. The van der Waals surface area contributed by atoms with Crippen LogP contribution in [0.4, 0.5) is 16.4 Å². The summed E-state index contributed by atoms with van der Waals surface area (Å²) in [6.45, 7) is 0.503. The van der Waals surface area contributed by atoms with E-state index in [1.54, 1.807) is 50.6 Å². The molecule has 2 N–H and O–H groups in total. The number of carboxylic acid groups (broad SMARTS) is 1. The Labute approximate surface area is 188 Å². The highest BCUT2D eigenvalue weighted by molar-refractivity contribution is 6.28. The Bertz CT molecular complexity index is 1140. The third-order valence-electron chi connectivity index (χ3n) is 5.09. The van der Waals surface area contributed by atoms with Crippen molar-refractivity contribution in [3.63, 3.8) is 0 Å². The Morgan fingerprint density at radius 3 is 2.50 bits per heavy atom. The smallest absolute Gasteiger partial charge is 0.407 e. The standard InChI is InChI=1S/C20H21ClN6O5/c1-30-14-6-11(7-15(31-2)17(14)32-3)27-9-16(22-10-27)24-18-12-4-5-26(20(28)29)8-13(12)23-19(21)25-18/h6-7,9-10H,4-5,8H2,1-3H3,(H,28,29)(H,23,24,25). The molecule has 0 fully saturated rings. The summed E-state index contributed by atoms with van der Waals surface area (Å²) in [6.07, 6.45) is 2.87. The number of aromatic nitrogens is 4. The largest absolute Gasteiger partial charge is 0.493 e. The van der Waals surface area contributed by atoms with Gasteiger partial charge in [0.1, 0.15) is 18.0 Å². The lowest BCUT2D eigenvalue weighted by Gasteiger charge is -2.26. The van der Waals surface area contributed by atoms with Crippen molar-refractivity contribution >= 4 is 29.3 Å². The number of nitrogens with one attached hydrogen (secondary N) is 1. The van der Waals surface area contributed by atoms with Crippen LogP contribution in [-0.2, 0) is 13.0 Å². The summed E-state index contributed by atoms with van der Waals surface area (Å²) in [7, 11) is 4.65. The molecular weight excluding hydrogens is 440 g/mol. The first-order valence-electron chi connectivity index (χ1n) is 9.58. The van der Waals surface area contributed by atoms with Crippen LogP contribution in [0.5, 0.6) is 17.2 Å². The molecule has 0 unspecified atom stereocenters. The average molecular weight is 461 g/mol. The van der Waals surface area contributed by atoms with Crippen LogP contribution in [0.25, 0.3) is 5.69 Å². The number of fused-ring (bicyclic) bond motifs is 1. The van der Waals surface area contributed by atoms with Gasteiger partial charge in [-0.25, -0.2) is 19.7 Å². The van der Waals surface area contributed by atoms with Crippen molar-refractivity contribution in [1.29, 1.82) is 0 Å². The van der Waals surface area contributed by atoms with Gasteiger partial charge in [-0.3, -0.25) is 0 Å². The van der Waals surface area contributed by atoms with Gasteiger partial charge in [0.2, 0.25) is 11.0 Å². The van der Waals surface area contributed by atoms with E-state index in [2.05, 4.69) is 20.3 Å². The molecule has 1 aliphatic rings. The van der Waals surface area contributed by atoms with Crippen molar-refractivity contribution in [2.24, 2.45) is 0 Å². The van der Waals surface area contributed by atoms with Crippen molar-refractivity contribution < 1.29 is 24.1 Å². The molecule has 0 atom stereocenters. The average Bonchev–Trinajstić information content (AvgIpc) is 3.25. The zero-order valence-corrected chi connectivity index (χ0v) is 18.4. The lowest BCUT2D eigenvalue weighted by Crippen LogP contribution is -2.35. The quantitative estimate of drug-likeness (QED) is 0.534. The molecule has 0 bridgehead atoms. The van der Waals surface area contributed by atoms with Crippen molar-refractivity contribution in [3.05, 3.63) is 41.2 Å². The zero-order chi connectivity index (χ0) is 22.8. The Morgan fingerprint density at radius 1 is 1.16 bits per heavy atom. The Balaban J connectivity index is 1.63. The summed E-state index contributed by atoms with van der Waals surface area (Å²) in [6, 6.07) is 3.60. The lowest BCUT2D eigenvalue weighted by molar-refractivity contribution is 0.139. The fourth-order valence-corrected chi connectivity index (χ4v) is 3.72. The monoisotopic (exact) mass is 460 g/mol. The number of hydrogen-bond donors (Lipinski definition) is 2. The molecule has 11 nitrogen and oxygen atoms in total. The first kappa shape index (κ1) is 21.5. The number of nitrogens with zero attached hydrogens (tertiary/aromatic N) is 5. The number of carbonyl (C=O) groups is 1. The maximum atomic E-state index is 11.3. The number of halogens is 1. The van der Waals surface area contributed by atoms with Gasteiger partial charge in [-0.05, 0) is 18.0 Å². The van der Waals surface area contributed by atoms with Crippen LogP contribution >= 0.6 is 11.6 Å². The predicted molar refractivity (Wildman–Crippen MR) is 116 cm³/mol. The Kier molecular flexibility index (Phi) is 5.91. The second-order valence-electron chi connectivity index (χ2n) is 6.90. The number of rotatable bonds is 6. The Morgan fingerprint density at radius 2 is 1.88 bits per heavy atom. The third-order valence-corrected chi connectivity index (χ3v) is 5.25. The molecule has 0 aliphatic carbocycles. The summed E-state index contributed by atoms with van der Waals surface area (Å²) in [5.41, 5.74) is 2.14. The zero-order valence-electron chi connectivity index (χ0n) is 17.6. The van der Waals surface area contributed by atoms with E-state index in [1.807, 2.05) is 0 Å². The fourth-order valence-electron chi connectivity index (χ4n) is 3.53. The number of imidazole rings is 1. The molecule has 32 heavy (non-hydrogen) atoms. The SMILES string of the molecule is COc1cc(-n2cnc(Nc3nc(Cl)nc4c3CCN(C(=O)O)C4)c2)cc(OC)c1OC. The van der Waals surface area contributed by atoms with E-state index in [0.29, 0.717) is 47.5 Å². The van der Waals surface area contributed by atoms with E-state index >= 15 is 0 Å². The summed E-state index contributed by atoms with van der Waals surface area (Å²) in [5, 5.41) is 12.4. The van der Waals surface area contributed by atoms with Crippen molar-refractivity contribution in [3.8, 4) is 22.9 Å². The Hall–Kier alpha value is -3.73. The second kappa shape index (κ2) is 8.79. The van der Waals surface area contributed by atoms with E-state index in [-0.39, 0.29) is 11.8 Å². The van der Waals surface area contributed by atoms with E-state index in [0.717, 1.165) is 11.3 Å². The van der Waals surface area contributed by atoms with Gasteiger partial charge in [0.05, 0.1) is 45.5 Å². The van der Waals surface area contributed by atoms with Crippen molar-refractivity contribution in [2.75, 3.05) is 33.2 Å².